The highest BCUT2D eigenvalue weighted by atomic mass is 32.1. The molecule has 0 spiro atoms. The van der Waals surface area contributed by atoms with Crippen molar-refractivity contribution in [3.8, 4) is 0 Å². The Labute approximate surface area is 116 Å². The van der Waals surface area contributed by atoms with Gasteiger partial charge in [0, 0.05) is 22.9 Å². The van der Waals surface area contributed by atoms with Gasteiger partial charge in [-0.25, -0.2) is 4.98 Å². The summed E-state index contributed by atoms with van der Waals surface area (Å²) in [5.41, 5.74) is 5.09. The Hall–Kier alpha value is -1.78. The van der Waals surface area contributed by atoms with Crippen molar-refractivity contribution in [2.24, 2.45) is 0 Å². The lowest BCUT2D eigenvalue weighted by molar-refractivity contribution is 0.573. The number of pyridine rings is 1. The van der Waals surface area contributed by atoms with Crippen molar-refractivity contribution in [1.82, 2.24) is 15.3 Å². The van der Waals surface area contributed by atoms with Crippen molar-refractivity contribution in [2.75, 3.05) is 7.05 Å². The molecule has 0 aliphatic rings. The van der Waals surface area contributed by atoms with Crippen molar-refractivity contribution in [1.29, 1.82) is 0 Å². The van der Waals surface area contributed by atoms with E-state index < -0.39 is 0 Å². The molecule has 4 heteroatoms. The zero-order valence-electron chi connectivity index (χ0n) is 10.7. The number of para-hydroxylation sites is 1. The molecule has 0 bridgehead atoms. The maximum absolute atomic E-state index is 4.71. The summed E-state index contributed by atoms with van der Waals surface area (Å²) in [5, 5.41) is 6.57. The van der Waals surface area contributed by atoms with E-state index in [1.807, 2.05) is 24.7 Å². The van der Waals surface area contributed by atoms with Gasteiger partial charge in [0.25, 0.3) is 0 Å². The van der Waals surface area contributed by atoms with Gasteiger partial charge in [-0.15, -0.1) is 11.3 Å². The van der Waals surface area contributed by atoms with Gasteiger partial charge in [-0.1, -0.05) is 24.3 Å². The van der Waals surface area contributed by atoms with Crippen LogP contribution in [0.1, 0.15) is 17.4 Å². The number of rotatable bonds is 4. The Morgan fingerprint density at radius 3 is 2.89 bits per heavy atom. The molecule has 0 aliphatic heterocycles. The van der Waals surface area contributed by atoms with Gasteiger partial charge < -0.3 is 5.32 Å². The van der Waals surface area contributed by atoms with Crippen LogP contribution in [0.5, 0.6) is 0 Å². The van der Waals surface area contributed by atoms with E-state index in [1.54, 1.807) is 11.3 Å². The molecule has 1 unspecified atom stereocenters. The van der Waals surface area contributed by atoms with Gasteiger partial charge in [-0.3, -0.25) is 4.98 Å². The van der Waals surface area contributed by atoms with E-state index in [0.717, 1.165) is 23.3 Å². The monoisotopic (exact) mass is 269 g/mol. The Balaban J connectivity index is 1.88. The van der Waals surface area contributed by atoms with E-state index in [0.29, 0.717) is 0 Å². The molecule has 0 saturated carbocycles. The molecule has 0 amide bonds. The van der Waals surface area contributed by atoms with Gasteiger partial charge in [0.2, 0.25) is 0 Å². The van der Waals surface area contributed by atoms with E-state index in [-0.39, 0.29) is 6.04 Å². The van der Waals surface area contributed by atoms with Crippen LogP contribution in [0.25, 0.3) is 10.9 Å². The van der Waals surface area contributed by atoms with Crippen LogP contribution in [-0.4, -0.2) is 17.0 Å². The Bertz CT molecular complexity index is 664. The summed E-state index contributed by atoms with van der Waals surface area (Å²) in [6.45, 7) is 0. The number of likely N-dealkylation sites (N-methyl/N-ethyl adjacent to an activating group) is 1. The van der Waals surface area contributed by atoms with E-state index in [4.69, 9.17) is 4.98 Å². The summed E-state index contributed by atoms with van der Waals surface area (Å²) in [7, 11) is 1.96. The van der Waals surface area contributed by atoms with Crippen LogP contribution in [0, 0.1) is 0 Å². The minimum absolute atomic E-state index is 0.222. The molecule has 0 saturated heterocycles. The Kier molecular flexibility index (Phi) is 3.53. The Morgan fingerprint density at radius 2 is 2.11 bits per heavy atom. The van der Waals surface area contributed by atoms with Gasteiger partial charge in [0.15, 0.2) is 0 Å². The van der Waals surface area contributed by atoms with Gasteiger partial charge in [-0.05, 0) is 19.2 Å². The van der Waals surface area contributed by atoms with Crippen LogP contribution in [0.3, 0.4) is 0 Å². The maximum atomic E-state index is 4.71. The van der Waals surface area contributed by atoms with Crippen molar-refractivity contribution in [3.05, 3.63) is 58.7 Å². The topological polar surface area (TPSA) is 37.8 Å². The van der Waals surface area contributed by atoms with Crippen LogP contribution in [-0.2, 0) is 6.42 Å². The molecule has 1 atom stereocenters. The second kappa shape index (κ2) is 5.47. The van der Waals surface area contributed by atoms with Crippen molar-refractivity contribution in [2.45, 2.75) is 12.5 Å². The molecule has 1 N–H and O–H groups in total. The van der Waals surface area contributed by atoms with Crippen molar-refractivity contribution >= 4 is 22.2 Å². The average Bonchev–Trinajstić information content (AvgIpc) is 2.98. The third kappa shape index (κ3) is 2.64. The van der Waals surface area contributed by atoms with Gasteiger partial charge in [0.05, 0.1) is 22.8 Å². The van der Waals surface area contributed by atoms with E-state index >= 15 is 0 Å². The van der Waals surface area contributed by atoms with E-state index in [1.165, 1.54) is 5.39 Å². The summed E-state index contributed by atoms with van der Waals surface area (Å²) in [4.78, 5) is 9.08. The first-order valence-electron chi connectivity index (χ1n) is 6.27. The zero-order chi connectivity index (χ0) is 13.1. The number of nitrogens with zero attached hydrogens (tertiary/aromatic N) is 2. The third-order valence-corrected chi connectivity index (χ3v) is 3.83. The molecule has 96 valence electrons. The highest BCUT2D eigenvalue weighted by molar-refractivity contribution is 7.07. The highest BCUT2D eigenvalue weighted by Gasteiger charge is 2.12. The van der Waals surface area contributed by atoms with Gasteiger partial charge in [-0.2, -0.15) is 0 Å². The standard InChI is InChI=1S/C15H15N3S/c1-16-14(15-9-19-10-17-15)8-12-7-6-11-4-2-3-5-13(11)18-12/h2-7,9-10,14,16H,8H2,1H3. The average molecular weight is 269 g/mol. The van der Waals surface area contributed by atoms with Crippen LogP contribution >= 0.6 is 11.3 Å². The Morgan fingerprint density at radius 1 is 1.21 bits per heavy atom. The minimum atomic E-state index is 0.222. The van der Waals surface area contributed by atoms with Gasteiger partial charge in [0.1, 0.15) is 0 Å². The van der Waals surface area contributed by atoms with Crippen LogP contribution in [0.15, 0.2) is 47.3 Å². The second-order valence-electron chi connectivity index (χ2n) is 4.45. The molecule has 1 aromatic carbocycles. The lowest BCUT2D eigenvalue weighted by Crippen LogP contribution is -2.19. The number of benzene rings is 1. The summed E-state index contributed by atoms with van der Waals surface area (Å²) in [6, 6.07) is 12.6. The van der Waals surface area contributed by atoms with Crippen molar-refractivity contribution < 1.29 is 0 Å². The number of thiazole rings is 1. The number of nitrogens with one attached hydrogen (secondary N) is 1. The fourth-order valence-electron chi connectivity index (χ4n) is 2.18. The molecule has 3 aromatic rings. The molecule has 3 rings (SSSR count). The molecule has 2 heterocycles. The smallest absolute Gasteiger partial charge is 0.0795 e. The highest BCUT2D eigenvalue weighted by Crippen LogP contribution is 2.19. The van der Waals surface area contributed by atoms with E-state index in [2.05, 4.69) is 39.9 Å². The van der Waals surface area contributed by atoms with Crippen LogP contribution in [0.4, 0.5) is 0 Å². The number of fused-ring (bicyclic) bond motifs is 1. The quantitative estimate of drug-likeness (QED) is 0.790. The fourth-order valence-corrected chi connectivity index (χ4v) is 2.79. The number of aromatic nitrogens is 2. The lowest BCUT2D eigenvalue weighted by Gasteiger charge is -2.13. The normalized spacial score (nSPS) is 12.7. The first-order chi connectivity index (χ1) is 9.36. The molecular weight excluding hydrogens is 254 g/mol. The number of hydrogen-bond acceptors (Lipinski definition) is 4. The maximum Gasteiger partial charge on any atom is 0.0795 e. The minimum Gasteiger partial charge on any atom is -0.311 e. The van der Waals surface area contributed by atoms with Gasteiger partial charge >= 0.3 is 0 Å². The summed E-state index contributed by atoms with van der Waals surface area (Å²) >= 11 is 1.62. The largest absolute Gasteiger partial charge is 0.311 e. The van der Waals surface area contributed by atoms with Crippen LogP contribution in [0.2, 0.25) is 0 Å². The predicted molar refractivity (Wildman–Crippen MR) is 79.4 cm³/mol. The third-order valence-electron chi connectivity index (χ3n) is 3.23. The molecular formula is C15H15N3S. The molecule has 0 aliphatic carbocycles. The summed E-state index contributed by atoms with van der Waals surface area (Å²) < 4.78 is 0. The second-order valence-corrected chi connectivity index (χ2v) is 5.17. The SMILES string of the molecule is CNC(Cc1ccc2ccccc2n1)c1cscn1. The zero-order valence-corrected chi connectivity index (χ0v) is 11.5. The van der Waals surface area contributed by atoms with Crippen LogP contribution < -0.4 is 5.32 Å². The fraction of sp³-hybridized carbons (Fsp3) is 0.200. The molecule has 0 radical (unpaired) electrons. The van der Waals surface area contributed by atoms with E-state index in [9.17, 15) is 0 Å². The molecule has 0 fully saturated rings. The first-order valence-corrected chi connectivity index (χ1v) is 7.21. The number of hydrogen-bond donors (Lipinski definition) is 1. The van der Waals surface area contributed by atoms with Crippen molar-refractivity contribution in [3.63, 3.8) is 0 Å². The predicted octanol–water partition coefficient (Wildman–Crippen LogP) is 3.19. The molecule has 3 nitrogen and oxygen atoms in total. The molecule has 19 heavy (non-hydrogen) atoms. The molecule has 2 aromatic heterocycles. The summed E-state index contributed by atoms with van der Waals surface area (Å²) in [6.07, 6.45) is 0.852. The lowest BCUT2D eigenvalue weighted by atomic mass is 10.1. The summed E-state index contributed by atoms with van der Waals surface area (Å²) in [5.74, 6) is 0. The first kappa shape index (κ1) is 12.3.